The van der Waals surface area contributed by atoms with E-state index in [2.05, 4.69) is 20.6 Å². The lowest BCUT2D eigenvalue weighted by Gasteiger charge is -2.31. The number of carbonyl (C=O) groups excluding carboxylic acids is 4. The summed E-state index contributed by atoms with van der Waals surface area (Å²) in [7, 11) is 1.14. The van der Waals surface area contributed by atoms with Crippen molar-refractivity contribution in [2.45, 2.75) is 93.8 Å². The highest BCUT2D eigenvalue weighted by molar-refractivity contribution is 7.85. The number of fused-ring (bicyclic) bond motifs is 3. The second-order valence-electron chi connectivity index (χ2n) is 15.4. The molecular weight excluding hydrogens is 735 g/mol. The minimum atomic E-state index is -1.42. The minimum Gasteiger partial charge on any atom is -0.453 e. The van der Waals surface area contributed by atoms with E-state index >= 15 is 0 Å². The lowest BCUT2D eigenvalue weighted by Crippen LogP contribution is -2.53. The second-order valence-corrected chi connectivity index (χ2v) is 16.8. The fraction of sp³-hybridized carbons (Fsp3) is 0.463. The number of benzene rings is 2. The van der Waals surface area contributed by atoms with Crippen molar-refractivity contribution >= 4 is 46.1 Å². The van der Waals surface area contributed by atoms with Crippen LogP contribution in [-0.4, -0.2) is 99.1 Å². The molecule has 4 amide bonds. The Kier molecular flexibility index (Phi) is 11.2. The number of methoxy groups -OCH3 is 2. The summed E-state index contributed by atoms with van der Waals surface area (Å²) in [6.45, 7) is 8.71. The van der Waals surface area contributed by atoms with Gasteiger partial charge in [0.1, 0.15) is 17.9 Å². The minimum absolute atomic E-state index is 0.117. The third kappa shape index (κ3) is 7.36. The van der Waals surface area contributed by atoms with Crippen LogP contribution >= 0.6 is 0 Å². The Balaban J connectivity index is 1.04. The Hall–Kier alpha value is -5.31. The van der Waals surface area contributed by atoms with Crippen molar-refractivity contribution in [3.63, 3.8) is 0 Å². The normalized spacial score (nSPS) is 21.0. The van der Waals surface area contributed by atoms with Crippen LogP contribution in [0.25, 0.3) is 28.0 Å². The number of alkyl carbamates (subject to hydrolysis) is 2. The molecule has 4 aliphatic heterocycles. The number of aromatic nitrogens is 2. The molecule has 4 aliphatic rings. The van der Waals surface area contributed by atoms with Crippen LogP contribution in [0.1, 0.15) is 77.2 Å². The summed E-state index contributed by atoms with van der Waals surface area (Å²) in [4.78, 5) is 69.2. The van der Waals surface area contributed by atoms with E-state index in [9.17, 15) is 23.4 Å². The Labute approximate surface area is 329 Å². The van der Waals surface area contributed by atoms with Gasteiger partial charge in [0.05, 0.1) is 58.8 Å². The lowest BCUT2D eigenvalue weighted by atomic mass is 9.95. The molecule has 3 aromatic rings. The van der Waals surface area contributed by atoms with Crippen molar-refractivity contribution in [2.24, 2.45) is 16.8 Å². The number of nitrogens with zero attached hydrogens (tertiary/aromatic N) is 4. The zero-order valence-electron chi connectivity index (χ0n) is 32.6. The van der Waals surface area contributed by atoms with E-state index in [-0.39, 0.29) is 35.7 Å². The van der Waals surface area contributed by atoms with Crippen LogP contribution in [-0.2, 0) is 29.9 Å². The lowest BCUT2D eigenvalue weighted by molar-refractivity contribution is -0.135. The average molecular weight is 784 g/mol. The summed E-state index contributed by atoms with van der Waals surface area (Å²) >= 11 is 0. The smallest absolute Gasteiger partial charge is 0.407 e. The van der Waals surface area contributed by atoms with E-state index in [1.165, 1.54) is 14.2 Å². The van der Waals surface area contributed by atoms with Gasteiger partial charge in [0.15, 0.2) is 0 Å². The van der Waals surface area contributed by atoms with Crippen LogP contribution in [0.2, 0.25) is 0 Å². The molecule has 0 saturated carbocycles. The molecule has 2 aromatic carbocycles. The zero-order valence-corrected chi connectivity index (χ0v) is 33.4. The predicted molar refractivity (Wildman–Crippen MR) is 211 cm³/mol. The molecule has 0 spiro atoms. The molecule has 14 nitrogen and oxygen atoms in total. The van der Waals surface area contributed by atoms with Crippen LogP contribution in [0.15, 0.2) is 63.6 Å². The van der Waals surface area contributed by atoms with Crippen molar-refractivity contribution in [1.29, 1.82) is 0 Å². The maximum Gasteiger partial charge on any atom is 0.407 e. The first-order valence-corrected chi connectivity index (χ1v) is 20.4. The summed E-state index contributed by atoms with van der Waals surface area (Å²) in [5, 5.41) is 5.39. The Morgan fingerprint density at radius 3 is 1.91 bits per heavy atom. The summed E-state index contributed by atoms with van der Waals surface area (Å²) in [6, 6.07) is 10.1. The highest BCUT2D eigenvalue weighted by Gasteiger charge is 2.40. The average Bonchev–Trinajstić information content (AvgIpc) is 4.05. The number of imidazole rings is 1. The standard InChI is InChI=1S/C41H49N7O7S/c1-22(2)35(45-40(51)54-5)38(49)47-15-7-9-31(47)29-17-26(20-42-29)24-11-13-27-28-14-12-25(19-34(28)56(53)33(27)18-24)30-21-43-37(44-30)32-10-8-16-48(32)39(50)36(23(3)4)46-41(52)55-6/h11-14,18-23,31-32,35-36H,7-10,15-17H2,1-6H3,(H,43,44)(H,45,51)(H,46,52)/t31-,32-,35-,36-,56?/m0/s1. The van der Waals surface area contributed by atoms with Gasteiger partial charge in [-0.2, -0.15) is 0 Å². The molecule has 3 N–H and O–H groups in total. The summed E-state index contributed by atoms with van der Waals surface area (Å²) < 4.78 is 23.6. The van der Waals surface area contributed by atoms with Crippen LogP contribution in [0, 0.1) is 11.8 Å². The molecule has 0 bridgehead atoms. The Morgan fingerprint density at radius 2 is 1.34 bits per heavy atom. The summed E-state index contributed by atoms with van der Waals surface area (Å²) in [5.74, 6) is 0.0992. The predicted octanol–water partition coefficient (Wildman–Crippen LogP) is 5.83. The van der Waals surface area contributed by atoms with Crippen LogP contribution in [0.4, 0.5) is 9.59 Å². The zero-order chi connectivity index (χ0) is 39.8. The Bertz CT molecular complexity index is 2140. The largest absolute Gasteiger partial charge is 0.453 e. The van der Waals surface area contributed by atoms with E-state index in [1.807, 2.05) is 75.2 Å². The third-order valence-electron chi connectivity index (χ3n) is 11.2. The molecule has 5 atom stereocenters. The molecule has 7 rings (SSSR count). The van der Waals surface area contributed by atoms with E-state index < -0.39 is 35.1 Å². The number of likely N-dealkylation sites (tertiary alicyclic amines) is 2. The molecule has 2 fully saturated rings. The Morgan fingerprint density at radius 1 is 0.804 bits per heavy atom. The molecule has 1 unspecified atom stereocenters. The number of nitrogens with one attached hydrogen (secondary N) is 3. The van der Waals surface area contributed by atoms with Gasteiger partial charge in [0, 0.05) is 37.0 Å². The van der Waals surface area contributed by atoms with Crippen molar-refractivity contribution in [1.82, 2.24) is 30.4 Å². The highest BCUT2D eigenvalue weighted by Crippen LogP contribution is 2.44. The fourth-order valence-electron chi connectivity index (χ4n) is 8.21. The second kappa shape index (κ2) is 16.0. The number of aliphatic imine (C=N–C) groups is 1. The van der Waals surface area contributed by atoms with Gasteiger partial charge in [0.2, 0.25) is 11.8 Å². The van der Waals surface area contributed by atoms with Crippen LogP contribution in [0.3, 0.4) is 0 Å². The molecule has 5 heterocycles. The molecule has 1 aromatic heterocycles. The SMILES string of the molecule is COC(=O)N[C@H](C(=O)N1CCC[C@H]1C1=NC=C(c2ccc3c(c2)S(=O)c2cc(-c4cnc([C@@H]5CCCN5C(=O)[C@@H](NC(=O)OC)C(C)C)[nH]4)ccc2-3)C1)C(C)C. The van der Waals surface area contributed by atoms with Crippen molar-refractivity contribution < 1.29 is 32.9 Å². The van der Waals surface area contributed by atoms with E-state index in [1.54, 1.807) is 11.1 Å². The van der Waals surface area contributed by atoms with Gasteiger partial charge in [-0.15, -0.1) is 0 Å². The highest BCUT2D eigenvalue weighted by atomic mass is 32.2. The topological polar surface area (TPSA) is 175 Å². The number of hydrogen-bond donors (Lipinski definition) is 3. The molecule has 2 saturated heterocycles. The number of amides is 4. The molecule has 15 heteroatoms. The van der Waals surface area contributed by atoms with Gasteiger partial charge in [-0.05, 0) is 71.9 Å². The van der Waals surface area contributed by atoms with Gasteiger partial charge >= 0.3 is 12.2 Å². The monoisotopic (exact) mass is 783 g/mol. The van der Waals surface area contributed by atoms with Gasteiger partial charge in [-0.3, -0.25) is 14.6 Å². The molecule has 296 valence electrons. The maximum absolute atomic E-state index is 14.1. The molecule has 0 aliphatic carbocycles. The van der Waals surface area contributed by atoms with E-state index in [0.29, 0.717) is 25.3 Å². The maximum atomic E-state index is 14.1. The van der Waals surface area contributed by atoms with Gasteiger partial charge in [-0.25, -0.2) is 18.8 Å². The van der Waals surface area contributed by atoms with E-state index in [0.717, 1.165) is 74.7 Å². The number of ether oxygens (including phenoxy) is 2. The van der Waals surface area contributed by atoms with Gasteiger partial charge < -0.3 is 34.9 Å². The number of aromatic amines is 1. The molecule has 0 radical (unpaired) electrons. The molecule has 56 heavy (non-hydrogen) atoms. The quantitative estimate of drug-likeness (QED) is 0.180. The van der Waals surface area contributed by atoms with Gasteiger partial charge in [0.25, 0.3) is 0 Å². The van der Waals surface area contributed by atoms with Crippen molar-refractivity contribution in [3.8, 4) is 22.4 Å². The third-order valence-corrected chi connectivity index (χ3v) is 12.7. The number of carbonyl (C=O) groups is 4. The van der Waals surface area contributed by atoms with Crippen LogP contribution < -0.4 is 10.6 Å². The van der Waals surface area contributed by atoms with E-state index in [4.69, 9.17) is 14.5 Å². The fourth-order valence-corrected chi connectivity index (χ4v) is 9.67. The number of hydrogen-bond acceptors (Lipinski definition) is 9. The van der Waals surface area contributed by atoms with Crippen molar-refractivity contribution in [3.05, 3.63) is 60.2 Å². The van der Waals surface area contributed by atoms with Crippen molar-refractivity contribution in [2.75, 3.05) is 27.3 Å². The summed E-state index contributed by atoms with van der Waals surface area (Å²) in [6.07, 6.45) is 6.07. The molecular formula is C41H49N7O7S. The first-order chi connectivity index (χ1) is 26.9. The summed E-state index contributed by atoms with van der Waals surface area (Å²) in [5.41, 5.74) is 6.26. The number of H-pyrrole nitrogens is 1. The first-order valence-electron chi connectivity index (χ1n) is 19.2. The number of allylic oxidation sites excluding steroid dienone is 1. The van der Waals surface area contributed by atoms with Crippen LogP contribution in [0.5, 0.6) is 0 Å². The van der Waals surface area contributed by atoms with Gasteiger partial charge in [-0.1, -0.05) is 52.0 Å². The number of rotatable bonds is 10. The first kappa shape index (κ1) is 38.9.